The third-order valence-electron chi connectivity index (χ3n) is 6.08. The van der Waals surface area contributed by atoms with Gasteiger partial charge in [-0.3, -0.25) is 9.78 Å². The lowest BCUT2D eigenvalue weighted by molar-refractivity contribution is -0.128. The van der Waals surface area contributed by atoms with Crippen LogP contribution in [0, 0.1) is 5.92 Å². The first-order valence-electron chi connectivity index (χ1n) is 9.66. The minimum Gasteiger partial charge on any atom is -0.371 e. The SMILES string of the molecule is O=C(c1cnccn1)N1CCOC2(CCN(CC3CCCC3)CC2)C1. The van der Waals surface area contributed by atoms with Crippen LogP contribution in [0.3, 0.4) is 0 Å². The van der Waals surface area contributed by atoms with Crippen LogP contribution in [0.2, 0.25) is 0 Å². The minimum absolute atomic E-state index is 0.0239. The van der Waals surface area contributed by atoms with Gasteiger partial charge in [-0.25, -0.2) is 4.98 Å². The summed E-state index contributed by atoms with van der Waals surface area (Å²) in [6.45, 7) is 5.36. The highest BCUT2D eigenvalue weighted by Crippen LogP contribution is 2.32. The van der Waals surface area contributed by atoms with Crippen molar-refractivity contribution in [3.05, 3.63) is 24.3 Å². The van der Waals surface area contributed by atoms with Gasteiger partial charge < -0.3 is 14.5 Å². The second-order valence-corrected chi connectivity index (χ2v) is 7.80. The molecule has 136 valence electrons. The van der Waals surface area contributed by atoms with E-state index in [9.17, 15) is 4.79 Å². The number of hydrogen-bond acceptors (Lipinski definition) is 5. The van der Waals surface area contributed by atoms with Gasteiger partial charge in [0.05, 0.1) is 24.9 Å². The second kappa shape index (κ2) is 7.38. The number of morpholine rings is 1. The van der Waals surface area contributed by atoms with Gasteiger partial charge in [-0.2, -0.15) is 0 Å². The Hall–Kier alpha value is -1.53. The first-order chi connectivity index (χ1) is 12.2. The molecule has 3 heterocycles. The Labute approximate surface area is 149 Å². The zero-order valence-electron chi connectivity index (χ0n) is 14.9. The van der Waals surface area contributed by atoms with Crippen LogP contribution < -0.4 is 0 Å². The average Bonchev–Trinajstić information content (AvgIpc) is 3.17. The number of carbonyl (C=O) groups is 1. The molecule has 0 radical (unpaired) electrons. The number of carbonyl (C=O) groups excluding carboxylic acids is 1. The fourth-order valence-corrected chi connectivity index (χ4v) is 4.59. The minimum atomic E-state index is -0.164. The van der Waals surface area contributed by atoms with E-state index in [1.165, 1.54) is 32.2 Å². The molecule has 0 unspecified atom stereocenters. The van der Waals surface area contributed by atoms with Crippen molar-refractivity contribution in [2.24, 2.45) is 5.92 Å². The van der Waals surface area contributed by atoms with Crippen molar-refractivity contribution in [2.45, 2.75) is 44.1 Å². The third kappa shape index (κ3) is 3.85. The molecule has 4 rings (SSSR count). The molecular weight excluding hydrogens is 316 g/mol. The summed E-state index contributed by atoms with van der Waals surface area (Å²) in [6, 6.07) is 0. The first-order valence-corrected chi connectivity index (χ1v) is 9.66. The van der Waals surface area contributed by atoms with Crippen molar-refractivity contribution in [1.82, 2.24) is 19.8 Å². The summed E-state index contributed by atoms with van der Waals surface area (Å²) in [6.07, 6.45) is 12.4. The predicted octanol–water partition coefficient (Wildman–Crippen LogP) is 1.97. The fraction of sp³-hybridized carbons (Fsp3) is 0.737. The molecule has 6 heteroatoms. The van der Waals surface area contributed by atoms with Crippen molar-refractivity contribution >= 4 is 5.91 Å². The van der Waals surface area contributed by atoms with Crippen LogP contribution in [0.1, 0.15) is 49.0 Å². The predicted molar refractivity (Wildman–Crippen MR) is 94.3 cm³/mol. The molecule has 1 aliphatic carbocycles. The normalized spacial score (nSPS) is 24.7. The summed E-state index contributed by atoms with van der Waals surface area (Å²) in [5, 5.41) is 0. The topological polar surface area (TPSA) is 58.6 Å². The Bertz CT molecular complexity index is 580. The number of amides is 1. The van der Waals surface area contributed by atoms with Crippen molar-refractivity contribution in [3.63, 3.8) is 0 Å². The maximum Gasteiger partial charge on any atom is 0.274 e. The van der Waals surface area contributed by atoms with Crippen molar-refractivity contribution < 1.29 is 9.53 Å². The van der Waals surface area contributed by atoms with Crippen molar-refractivity contribution in [2.75, 3.05) is 39.3 Å². The molecule has 1 amide bonds. The molecular formula is C19H28N4O2. The Morgan fingerprint density at radius 1 is 1.20 bits per heavy atom. The van der Waals surface area contributed by atoms with E-state index in [4.69, 9.17) is 4.74 Å². The number of ether oxygens (including phenoxy) is 1. The molecule has 3 aliphatic rings. The van der Waals surface area contributed by atoms with Gasteiger partial charge >= 0.3 is 0 Å². The summed E-state index contributed by atoms with van der Waals surface area (Å²) < 4.78 is 6.18. The molecule has 0 atom stereocenters. The van der Waals surface area contributed by atoms with Crippen LogP contribution in [0.15, 0.2) is 18.6 Å². The molecule has 1 saturated carbocycles. The van der Waals surface area contributed by atoms with Crippen LogP contribution in [0.4, 0.5) is 0 Å². The lowest BCUT2D eigenvalue weighted by Crippen LogP contribution is -2.58. The molecule has 2 saturated heterocycles. The van der Waals surface area contributed by atoms with E-state index in [2.05, 4.69) is 14.9 Å². The number of likely N-dealkylation sites (tertiary alicyclic amines) is 1. The van der Waals surface area contributed by atoms with Gasteiger partial charge in [0, 0.05) is 38.6 Å². The summed E-state index contributed by atoms with van der Waals surface area (Å²) in [7, 11) is 0. The average molecular weight is 344 g/mol. The number of aromatic nitrogens is 2. The molecule has 0 aromatic carbocycles. The Morgan fingerprint density at radius 3 is 2.72 bits per heavy atom. The Kier molecular flexibility index (Phi) is 4.99. The maximum atomic E-state index is 12.7. The summed E-state index contributed by atoms with van der Waals surface area (Å²) >= 11 is 0. The molecule has 1 spiro atoms. The van der Waals surface area contributed by atoms with Crippen LogP contribution >= 0.6 is 0 Å². The highest BCUT2D eigenvalue weighted by Gasteiger charge is 2.41. The van der Waals surface area contributed by atoms with Gasteiger partial charge in [-0.15, -0.1) is 0 Å². The smallest absolute Gasteiger partial charge is 0.274 e. The summed E-state index contributed by atoms with van der Waals surface area (Å²) in [5.41, 5.74) is 0.265. The maximum absolute atomic E-state index is 12.7. The van der Waals surface area contributed by atoms with Crippen LogP contribution in [-0.4, -0.2) is 70.6 Å². The molecule has 25 heavy (non-hydrogen) atoms. The van der Waals surface area contributed by atoms with Crippen LogP contribution in [0.5, 0.6) is 0 Å². The standard InChI is InChI=1S/C19H28N4O2/c24-18(17-13-20-7-8-21-17)23-11-12-25-19(15-23)5-9-22(10-6-19)14-16-3-1-2-4-16/h7-8,13,16H,1-6,9-12,14-15H2. The molecule has 0 N–H and O–H groups in total. The van der Waals surface area contributed by atoms with Gasteiger partial charge in [-0.1, -0.05) is 12.8 Å². The highest BCUT2D eigenvalue weighted by molar-refractivity contribution is 5.92. The van der Waals surface area contributed by atoms with Gasteiger partial charge in [0.1, 0.15) is 5.69 Å². The van der Waals surface area contributed by atoms with Gasteiger partial charge in [-0.05, 0) is 31.6 Å². The zero-order chi connectivity index (χ0) is 17.1. The van der Waals surface area contributed by atoms with E-state index < -0.39 is 0 Å². The first kappa shape index (κ1) is 16.9. The molecule has 2 aliphatic heterocycles. The van der Waals surface area contributed by atoms with Gasteiger partial charge in [0.25, 0.3) is 5.91 Å². The van der Waals surface area contributed by atoms with Crippen molar-refractivity contribution in [1.29, 1.82) is 0 Å². The number of nitrogens with zero attached hydrogens (tertiary/aromatic N) is 4. The lowest BCUT2D eigenvalue weighted by atomic mass is 9.88. The molecule has 1 aromatic rings. The second-order valence-electron chi connectivity index (χ2n) is 7.80. The molecule has 6 nitrogen and oxygen atoms in total. The monoisotopic (exact) mass is 344 g/mol. The zero-order valence-corrected chi connectivity index (χ0v) is 14.9. The van der Waals surface area contributed by atoms with E-state index >= 15 is 0 Å². The number of piperidine rings is 1. The fourth-order valence-electron chi connectivity index (χ4n) is 4.59. The summed E-state index contributed by atoms with van der Waals surface area (Å²) in [5.74, 6) is 0.875. The number of rotatable bonds is 3. The quantitative estimate of drug-likeness (QED) is 0.839. The Balaban J connectivity index is 1.34. The van der Waals surface area contributed by atoms with E-state index in [-0.39, 0.29) is 11.5 Å². The van der Waals surface area contributed by atoms with Crippen molar-refractivity contribution in [3.8, 4) is 0 Å². The molecule has 3 fully saturated rings. The molecule has 1 aromatic heterocycles. The molecule has 0 bridgehead atoms. The lowest BCUT2D eigenvalue weighted by Gasteiger charge is -2.47. The Morgan fingerprint density at radius 2 is 2.00 bits per heavy atom. The van der Waals surface area contributed by atoms with E-state index in [1.54, 1.807) is 18.6 Å². The van der Waals surface area contributed by atoms with E-state index in [0.29, 0.717) is 25.4 Å². The van der Waals surface area contributed by atoms with Gasteiger partial charge in [0.2, 0.25) is 0 Å². The number of hydrogen-bond donors (Lipinski definition) is 0. The highest BCUT2D eigenvalue weighted by atomic mass is 16.5. The third-order valence-corrected chi connectivity index (χ3v) is 6.08. The van der Waals surface area contributed by atoms with Crippen LogP contribution in [0.25, 0.3) is 0 Å². The van der Waals surface area contributed by atoms with E-state index in [1.807, 2.05) is 4.90 Å². The van der Waals surface area contributed by atoms with Crippen LogP contribution in [-0.2, 0) is 4.74 Å². The summed E-state index contributed by atoms with van der Waals surface area (Å²) in [4.78, 5) is 25.4. The van der Waals surface area contributed by atoms with E-state index in [0.717, 1.165) is 31.8 Å². The largest absolute Gasteiger partial charge is 0.371 e. The van der Waals surface area contributed by atoms with Gasteiger partial charge in [0.15, 0.2) is 0 Å².